The van der Waals surface area contributed by atoms with Crippen LogP contribution < -0.4 is 16.4 Å². The molecule has 19 heavy (non-hydrogen) atoms. The van der Waals surface area contributed by atoms with Crippen molar-refractivity contribution in [3.63, 3.8) is 0 Å². The topological polar surface area (TPSA) is 67.2 Å². The molecule has 100 valence electrons. The van der Waals surface area contributed by atoms with Gasteiger partial charge in [-0.05, 0) is 43.7 Å². The highest BCUT2D eigenvalue weighted by Crippen LogP contribution is 2.22. The standard InChI is InChI=1S/C14H17N3OS/c1-9-6-11(10(2)19-9)8-16-12-4-3-5-13(7-12)17-14(15)18/h3-7,16H,8H2,1-2H3,(H3,15,17,18). The quantitative estimate of drug-likeness (QED) is 0.799. The van der Waals surface area contributed by atoms with Crippen LogP contribution in [0.3, 0.4) is 0 Å². The van der Waals surface area contributed by atoms with Crippen LogP contribution in [0.15, 0.2) is 30.3 Å². The van der Waals surface area contributed by atoms with Crippen molar-refractivity contribution in [1.29, 1.82) is 0 Å². The number of anilines is 2. The van der Waals surface area contributed by atoms with E-state index in [1.807, 2.05) is 18.2 Å². The maximum Gasteiger partial charge on any atom is 0.316 e. The van der Waals surface area contributed by atoms with Crippen molar-refractivity contribution in [3.05, 3.63) is 45.6 Å². The Morgan fingerprint density at radius 2 is 2.00 bits per heavy atom. The molecule has 1 heterocycles. The number of rotatable bonds is 4. The summed E-state index contributed by atoms with van der Waals surface area (Å²) in [5, 5.41) is 5.90. The van der Waals surface area contributed by atoms with Crippen LogP contribution in [-0.4, -0.2) is 6.03 Å². The summed E-state index contributed by atoms with van der Waals surface area (Å²) in [7, 11) is 0. The van der Waals surface area contributed by atoms with Gasteiger partial charge in [0.25, 0.3) is 0 Å². The Morgan fingerprint density at radius 1 is 1.26 bits per heavy atom. The van der Waals surface area contributed by atoms with E-state index in [4.69, 9.17) is 5.73 Å². The third kappa shape index (κ3) is 3.72. The van der Waals surface area contributed by atoms with Gasteiger partial charge in [-0.3, -0.25) is 0 Å². The first-order valence-corrected chi connectivity index (χ1v) is 6.82. The molecule has 1 aromatic heterocycles. The Morgan fingerprint density at radius 3 is 2.63 bits per heavy atom. The number of aryl methyl sites for hydroxylation is 2. The molecule has 0 saturated heterocycles. The zero-order valence-electron chi connectivity index (χ0n) is 11.0. The molecule has 2 amide bonds. The monoisotopic (exact) mass is 275 g/mol. The molecule has 5 heteroatoms. The Kier molecular flexibility index (Phi) is 4.06. The molecule has 0 fully saturated rings. The predicted octanol–water partition coefficient (Wildman–Crippen LogP) is 3.47. The van der Waals surface area contributed by atoms with Gasteiger partial charge in [-0.25, -0.2) is 4.79 Å². The van der Waals surface area contributed by atoms with Crippen molar-refractivity contribution in [2.75, 3.05) is 10.6 Å². The highest BCUT2D eigenvalue weighted by molar-refractivity contribution is 7.12. The van der Waals surface area contributed by atoms with Crippen molar-refractivity contribution >= 4 is 28.7 Å². The highest BCUT2D eigenvalue weighted by Gasteiger charge is 2.03. The molecule has 0 atom stereocenters. The number of hydrogen-bond acceptors (Lipinski definition) is 3. The average molecular weight is 275 g/mol. The van der Waals surface area contributed by atoms with Crippen LogP contribution in [0.1, 0.15) is 15.3 Å². The van der Waals surface area contributed by atoms with Gasteiger partial charge in [-0.2, -0.15) is 0 Å². The van der Waals surface area contributed by atoms with Gasteiger partial charge < -0.3 is 16.4 Å². The summed E-state index contributed by atoms with van der Waals surface area (Å²) in [5.41, 5.74) is 8.04. The molecule has 4 N–H and O–H groups in total. The maximum absolute atomic E-state index is 10.8. The van der Waals surface area contributed by atoms with Crippen molar-refractivity contribution in [2.24, 2.45) is 5.73 Å². The summed E-state index contributed by atoms with van der Waals surface area (Å²) >= 11 is 1.80. The van der Waals surface area contributed by atoms with Crippen LogP contribution in [0.4, 0.5) is 16.2 Å². The van der Waals surface area contributed by atoms with E-state index >= 15 is 0 Å². The molecule has 2 rings (SSSR count). The zero-order valence-corrected chi connectivity index (χ0v) is 11.8. The molecule has 0 radical (unpaired) electrons. The number of thiophene rings is 1. The number of hydrogen-bond donors (Lipinski definition) is 3. The average Bonchev–Trinajstić information content (AvgIpc) is 2.65. The highest BCUT2D eigenvalue weighted by atomic mass is 32.1. The lowest BCUT2D eigenvalue weighted by Gasteiger charge is -2.08. The molecule has 0 saturated carbocycles. The summed E-state index contributed by atoms with van der Waals surface area (Å²) in [5.74, 6) is 0. The fraction of sp³-hybridized carbons (Fsp3) is 0.214. The van der Waals surface area contributed by atoms with Gasteiger partial charge in [-0.1, -0.05) is 6.07 Å². The van der Waals surface area contributed by atoms with E-state index in [0.717, 1.165) is 12.2 Å². The van der Waals surface area contributed by atoms with Gasteiger partial charge in [0.15, 0.2) is 0 Å². The van der Waals surface area contributed by atoms with Crippen molar-refractivity contribution < 1.29 is 4.79 Å². The predicted molar refractivity (Wildman–Crippen MR) is 80.8 cm³/mol. The van der Waals surface area contributed by atoms with Gasteiger partial charge in [0.05, 0.1) is 0 Å². The van der Waals surface area contributed by atoms with Crippen LogP contribution in [0.5, 0.6) is 0 Å². The lowest BCUT2D eigenvalue weighted by atomic mass is 10.2. The van der Waals surface area contributed by atoms with Gasteiger partial charge in [0.1, 0.15) is 0 Å². The van der Waals surface area contributed by atoms with Gasteiger partial charge in [0.2, 0.25) is 0 Å². The lowest BCUT2D eigenvalue weighted by Crippen LogP contribution is -2.19. The number of urea groups is 1. The van der Waals surface area contributed by atoms with E-state index in [0.29, 0.717) is 5.69 Å². The Bertz CT molecular complexity index is 592. The van der Waals surface area contributed by atoms with E-state index < -0.39 is 6.03 Å². The largest absolute Gasteiger partial charge is 0.381 e. The smallest absolute Gasteiger partial charge is 0.316 e. The molecule has 1 aromatic carbocycles. The van der Waals surface area contributed by atoms with E-state index in [2.05, 4.69) is 30.5 Å². The third-order valence-electron chi connectivity index (χ3n) is 2.76. The van der Waals surface area contributed by atoms with Gasteiger partial charge >= 0.3 is 6.03 Å². The number of amides is 2. The molecular formula is C14H17N3OS. The molecule has 0 spiro atoms. The van der Waals surface area contributed by atoms with Crippen LogP contribution in [0.2, 0.25) is 0 Å². The molecule has 0 aliphatic carbocycles. The zero-order chi connectivity index (χ0) is 13.8. The van der Waals surface area contributed by atoms with Gasteiger partial charge in [-0.15, -0.1) is 11.3 Å². The first-order valence-electron chi connectivity index (χ1n) is 6.01. The molecule has 0 aliphatic rings. The SMILES string of the molecule is Cc1cc(CNc2cccc(NC(N)=O)c2)c(C)s1. The Labute approximate surface area is 116 Å². The minimum absolute atomic E-state index is 0.554. The second-order valence-electron chi connectivity index (χ2n) is 4.36. The summed E-state index contributed by atoms with van der Waals surface area (Å²) in [6, 6.07) is 9.13. The van der Waals surface area contributed by atoms with Crippen LogP contribution in [0.25, 0.3) is 0 Å². The molecule has 2 aromatic rings. The normalized spacial score (nSPS) is 10.2. The lowest BCUT2D eigenvalue weighted by molar-refractivity contribution is 0.259. The molecule has 4 nitrogen and oxygen atoms in total. The minimum Gasteiger partial charge on any atom is -0.381 e. The second kappa shape index (κ2) is 5.75. The maximum atomic E-state index is 10.8. The number of primary amides is 1. The fourth-order valence-corrected chi connectivity index (χ4v) is 2.85. The minimum atomic E-state index is -0.554. The van der Waals surface area contributed by atoms with E-state index in [-0.39, 0.29) is 0 Å². The summed E-state index contributed by atoms with van der Waals surface area (Å²) in [4.78, 5) is 13.4. The summed E-state index contributed by atoms with van der Waals surface area (Å²) in [6.45, 7) is 5.01. The number of nitrogens with two attached hydrogens (primary N) is 1. The van der Waals surface area contributed by atoms with E-state index in [1.54, 1.807) is 17.4 Å². The Balaban J connectivity index is 2.03. The molecule has 0 aliphatic heterocycles. The number of carbonyl (C=O) groups is 1. The summed E-state index contributed by atoms with van der Waals surface area (Å²) in [6.07, 6.45) is 0. The summed E-state index contributed by atoms with van der Waals surface area (Å²) < 4.78 is 0. The van der Waals surface area contributed by atoms with Crippen LogP contribution >= 0.6 is 11.3 Å². The van der Waals surface area contributed by atoms with Crippen LogP contribution in [0, 0.1) is 13.8 Å². The van der Waals surface area contributed by atoms with Gasteiger partial charge in [0, 0.05) is 27.7 Å². The van der Waals surface area contributed by atoms with Crippen molar-refractivity contribution in [2.45, 2.75) is 20.4 Å². The first-order chi connectivity index (χ1) is 9.04. The van der Waals surface area contributed by atoms with Crippen LogP contribution in [-0.2, 0) is 6.54 Å². The number of nitrogens with one attached hydrogen (secondary N) is 2. The van der Waals surface area contributed by atoms with Crippen molar-refractivity contribution in [3.8, 4) is 0 Å². The third-order valence-corrected chi connectivity index (χ3v) is 3.77. The molecule has 0 unspecified atom stereocenters. The first kappa shape index (κ1) is 13.4. The molecular weight excluding hydrogens is 258 g/mol. The number of benzene rings is 1. The molecule has 0 bridgehead atoms. The number of carbonyl (C=O) groups excluding carboxylic acids is 1. The second-order valence-corrected chi connectivity index (χ2v) is 5.82. The Hall–Kier alpha value is -2.01. The fourth-order valence-electron chi connectivity index (χ4n) is 1.91. The van der Waals surface area contributed by atoms with E-state index in [1.165, 1.54) is 15.3 Å². The van der Waals surface area contributed by atoms with Crippen molar-refractivity contribution in [1.82, 2.24) is 0 Å². The van der Waals surface area contributed by atoms with E-state index in [9.17, 15) is 4.79 Å².